The molecule has 0 aliphatic carbocycles. The van der Waals surface area contributed by atoms with E-state index in [1.54, 1.807) is 18.2 Å². The van der Waals surface area contributed by atoms with Gasteiger partial charge in [-0.1, -0.05) is 25.4 Å². The van der Waals surface area contributed by atoms with Crippen molar-refractivity contribution in [3.8, 4) is 5.75 Å². The van der Waals surface area contributed by atoms with Gasteiger partial charge >= 0.3 is 0 Å². The van der Waals surface area contributed by atoms with Gasteiger partial charge in [0.2, 0.25) is 0 Å². The fourth-order valence-corrected chi connectivity index (χ4v) is 2.10. The number of aromatic hydroxyl groups is 1. The maximum absolute atomic E-state index is 11.9. The lowest BCUT2D eigenvalue weighted by Gasteiger charge is -2.12. The van der Waals surface area contributed by atoms with Crippen molar-refractivity contribution in [2.45, 2.75) is 26.2 Å². The molecule has 0 saturated heterocycles. The van der Waals surface area contributed by atoms with Gasteiger partial charge in [-0.25, -0.2) is 0 Å². The lowest BCUT2D eigenvalue weighted by atomic mass is 9.97. The molecule has 0 radical (unpaired) electrons. The minimum absolute atomic E-state index is 0.0159. The van der Waals surface area contributed by atoms with E-state index in [1.807, 2.05) is 13.8 Å². The SMILES string of the molecule is CC[C@@H](C)c1c(O)c2cc(Cl)ccc2[nH]c1=O. The maximum atomic E-state index is 11.9. The van der Waals surface area contributed by atoms with Gasteiger partial charge < -0.3 is 10.1 Å². The van der Waals surface area contributed by atoms with Crippen LogP contribution in [-0.4, -0.2) is 10.1 Å². The zero-order valence-corrected chi connectivity index (χ0v) is 10.5. The van der Waals surface area contributed by atoms with Crippen LogP contribution in [0, 0.1) is 0 Å². The summed E-state index contributed by atoms with van der Waals surface area (Å²) in [6.45, 7) is 3.90. The average molecular weight is 252 g/mol. The van der Waals surface area contributed by atoms with Crippen molar-refractivity contribution in [2.75, 3.05) is 0 Å². The fourth-order valence-electron chi connectivity index (χ4n) is 1.92. The zero-order valence-electron chi connectivity index (χ0n) is 9.75. The van der Waals surface area contributed by atoms with Crippen LogP contribution < -0.4 is 5.56 Å². The van der Waals surface area contributed by atoms with Gasteiger partial charge in [0.05, 0.1) is 11.1 Å². The largest absolute Gasteiger partial charge is 0.507 e. The number of nitrogens with one attached hydrogen (secondary N) is 1. The number of benzene rings is 1. The molecule has 2 rings (SSSR count). The molecule has 4 heteroatoms. The van der Waals surface area contributed by atoms with E-state index in [-0.39, 0.29) is 17.2 Å². The molecule has 0 amide bonds. The first-order valence-corrected chi connectivity index (χ1v) is 5.96. The molecule has 0 spiro atoms. The Hall–Kier alpha value is -1.48. The molecule has 0 unspecified atom stereocenters. The normalized spacial score (nSPS) is 12.9. The minimum Gasteiger partial charge on any atom is -0.507 e. The molecule has 2 aromatic rings. The second-order valence-electron chi connectivity index (χ2n) is 4.22. The van der Waals surface area contributed by atoms with E-state index in [2.05, 4.69) is 4.98 Å². The molecule has 0 fully saturated rings. The molecule has 3 nitrogen and oxygen atoms in total. The van der Waals surface area contributed by atoms with Crippen molar-refractivity contribution in [2.24, 2.45) is 0 Å². The van der Waals surface area contributed by atoms with Crippen molar-refractivity contribution < 1.29 is 5.11 Å². The van der Waals surface area contributed by atoms with Gasteiger partial charge in [-0.05, 0) is 30.5 Å². The van der Waals surface area contributed by atoms with Gasteiger partial charge in [-0.15, -0.1) is 0 Å². The number of fused-ring (bicyclic) bond motifs is 1. The number of hydrogen-bond donors (Lipinski definition) is 2. The number of rotatable bonds is 2. The quantitative estimate of drug-likeness (QED) is 0.860. The molecule has 1 atom stereocenters. The summed E-state index contributed by atoms with van der Waals surface area (Å²) in [7, 11) is 0. The number of halogens is 1. The molecular weight excluding hydrogens is 238 g/mol. The van der Waals surface area contributed by atoms with Gasteiger partial charge in [0, 0.05) is 10.4 Å². The number of aromatic nitrogens is 1. The summed E-state index contributed by atoms with van der Waals surface area (Å²) >= 11 is 5.89. The van der Waals surface area contributed by atoms with Crippen LogP contribution in [-0.2, 0) is 0 Å². The molecule has 0 bridgehead atoms. The van der Waals surface area contributed by atoms with Crippen LogP contribution in [0.15, 0.2) is 23.0 Å². The van der Waals surface area contributed by atoms with E-state index in [4.69, 9.17) is 11.6 Å². The van der Waals surface area contributed by atoms with E-state index < -0.39 is 0 Å². The summed E-state index contributed by atoms with van der Waals surface area (Å²) in [6.07, 6.45) is 0.794. The Kier molecular flexibility index (Phi) is 3.11. The summed E-state index contributed by atoms with van der Waals surface area (Å²) in [5, 5.41) is 11.3. The summed E-state index contributed by atoms with van der Waals surface area (Å²) in [5.41, 5.74) is 0.804. The Morgan fingerprint density at radius 2 is 2.18 bits per heavy atom. The molecule has 1 heterocycles. The topological polar surface area (TPSA) is 53.1 Å². The Balaban J connectivity index is 2.82. The van der Waals surface area contributed by atoms with Crippen molar-refractivity contribution in [1.29, 1.82) is 0 Å². The number of H-pyrrole nitrogens is 1. The van der Waals surface area contributed by atoms with Crippen molar-refractivity contribution in [3.05, 3.63) is 39.1 Å². The molecule has 90 valence electrons. The van der Waals surface area contributed by atoms with E-state index >= 15 is 0 Å². The molecule has 0 saturated carbocycles. The Morgan fingerprint density at radius 3 is 2.82 bits per heavy atom. The van der Waals surface area contributed by atoms with Crippen LogP contribution in [0.25, 0.3) is 10.9 Å². The molecule has 1 aromatic heterocycles. The van der Waals surface area contributed by atoms with Crippen LogP contribution in [0.1, 0.15) is 31.7 Å². The molecular formula is C13H14ClNO2. The van der Waals surface area contributed by atoms with Crippen LogP contribution in [0.3, 0.4) is 0 Å². The molecule has 1 aromatic carbocycles. The van der Waals surface area contributed by atoms with Crippen molar-refractivity contribution >= 4 is 22.5 Å². The van der Waals surface area contributed by atoms with Gasteiger partial charge in [0.15, 0.2) is 0 Å². The van der Waals surface area contributed by atoms with Crippen LogP contribution in [0.5, 0.6) is 5.75 Å². The smallest absolute Gasteiger partial charge is 0.255 e. The van der Waals surface area contributed by atoms with Gasteiger partial charge in [0.25, 0.3) is 5.56 Å². The van der Waals surface area contributed by atoms with Gasteiger partial charge in [0.1, 0.15) is 5.75 Å². The Morgan fingerprint density at radius 1 is 1.47 bits per heavy atom. The van der Waals surface area contributed by atoms with Crippen LogP contribution in [0.2, 0.25) is 5.02 Å². The summed E-state index contributed by atoms with van der Waals surface area (Å²) in [6, 6.07) is 5.04. The molecule has 2 N–H and O–H groups in total. The zero-order chi connectivity index (χ0) is 12.6. The minimum atomic E-state index is -0.230. The van der Waals surface area contributed by atoms with Crippen molar-refractivity contribution in [1.82, 2.24) is 4.98 Å². The van der Waals surface area contributed by atoms with E-state index in [1.165, 1.54) is 0 Å². The summed E-state index contributed by atoms with van der Waals surface area (Å²) < 4.78 is 0. The van der Waals surface area contributed by atoms with E-state index in [0.717, 1.165) is 6.42 Å². The lowest BCUT2D eigenvalue weighted by Crippen LogP contribution is -2.15. The maximum Gasteiger partial charge on any atom is 0.255 e. The first kappa shape index (κ1) is 12.0. The third-order valence-electron chi connectivity index (χ3n) is 3.09. The highest BCUT2D eigenvalue weighted by Crippen LogP contribution is 2.32. The summed E-state index contributed by atoms with van der Waals surface area (Å²) in [5.74, 6) is 0.0581. The van der Waals surface area contributed by atoms with Crippen molar-refractivity contribution in [3.63, 3.8) is 0 Å². The number of aromatic amines is 1. The highest BCUT2D eigenvalue weighted by Gasteiger charge is 2.16. The second kappa shape index (κ2) is 4.41. The average Bonchev–Trinajstić information content (AvgIpc) is 2.30. The Labute approximate surface area is 104 Å². The van der Waals surface area contributed by atoms with Crippen LogP contribution >= 0.6 is 11.6 Å². The number of hydrogen-bond acceptors (Lipinski definition) is 2. The summed E-state index contributed by atoms with van der Waals surface area (Å²) in [4.78, 5) is 14.7. The van der Waals surface area contributed by atoms with Gasteiger partial charge in [-0.3, -0.25) is 4.79 Å². The number of pyridine rings is 1. The predicted octanol–water partition coefficient (Wildman–Crippen LogP) is 3.40. The van der Waals surface area contributed by atoms with E-state index in [9.17, 15) is 9.90 Å². The van der Waals surface area contributed by atoms with E-state index in [0.29, 0.717) is 21.5 Å². The van der Waals surface area contributed by atoms with Crippen LogP contribution in [0.4, 0.5) is 0 Å². The fraction of sp³-hybridized carbons (Fsp3) is 0.308. The lowest BCUT2D eigenvalue weighted by molar-refractivity contribution is 0.466. The second-order valence-corrected chi connectivity index (χ2v) is 4.65. The third kappa shape index (κ3) is 2.03. The first-order valence-electron chi connectivity index (χ1n) is 5.59. The Bertz CT molecular complexity index is 619. The first-order chi connectivity index (χ1) is 8.04. The standard InChI is InChI=1S/C13H14ClNO2/c1-3-7(2)11-12(16)9-6-8(14)4-5-10(9)15-13(11)17/h4-7H,3H2,1-2H3,(H2,15,16,17)/t7-/m1/s1. The third-order valence-corrected chi connectivity index (χ3v) is 3.32. The van der Waals surface area contributed by atoms with Gasteiger partial charge in [-0.2, -0.15) is 0 Å². The monoisotopic (exact) mass is 251 g/mol. The molecule has 0 aliphatic heterocycles. The molecule has 17 heavy (non-hydrogen) atoms. The molecule has 0 aliphatic rings. The predicted molar refractivity (Wildman–Crippen MR) is 69.9 cm³/mol. The highest BCUT2D eigenvalue weighted by molar-refractivity contribution is 6.31. The highest BCUT2D eigenvalue weighted by atomic mass is 35.5.